The Bertz CT molecular complexity index is 983. The number of benzene rings is 2. The van der Waals surface area contributed by atoms with E-state index < -0.39 is 35.7 Å². The first-order valence-corrected chi connectivity index (χ1v) is 11.6. The fourth-order valence-electron chi connectivity index (χ4n) is 3.72. The predicted molar refractivity (Wildman–Crippen MR) is 130 cm³/mol. The normalized spacial score (nSPS) is 19.0. The number of alkyl carbamates (subject to hydrolysis) is 1. The Morgan fingerprint density at radius 3 is 2.29 bits per heavy atom. The van der Waals surface area contributed by atoms with Gasteiger partial charge in [0.15, 0.2) is 11.6 Å². The summed E-state index contributed by atoms with van der Waals surface area (Å²) in [7, 11) is 1.56. The highest BCUT2D eigenvalue weighted by Crippen LogP contribution is 2.28. The molecule has 0 aliphatic carbocycles. The Morgan fingerprint density at radius 2 is 1.74 bits per heavy atom. The minimum atomic E-state index is -1.07. The number of hydrogen-bond acceptors (Lipinski definition) is 7. The number of hydrogen-bond donors (Lipinski definition) is 1. The van der Waals surface area contributed by atoms with Crippen LogP contribution in [0.25, 0.3) is 0 Å². The first-order valence-electron chi connectivity index (χ1n) is 11.6. The highest BCUT2D eigenvalue weighted by Gasteiger charge is 2.45. The molecule has 1 aliphatic rings. The smallest absolute Gasteiger partial charge is 0.408 e. The van der Waals surface area contributed by atoms with Crippen LogP contribution in [0.1, 0.15) is 50.5 Å². The highest BCUT2D eigenvalue weighted by molar-refractivity contribution is 6.00. The van der Waals surface area contributed by atoms with Crippen LogP contribution in [0.3, 0.4) is 0 Å². The fourth-order valence-corrected chi connectivity index (χ4v) is 3.72. The van der Waals surface area contributed by atoms with Crippen molar-refractivity contribution < 1.29 is 33.3 Å². The van der Waals surface area contributed by atoms with Crippen molar-refractivity contribution in [3.63, 3.8) is 0 Å². The van der Waals surface area contributed by atoms with Crippen LogP contribution in [0, 0.1) is 0 Å². The molecule has 8 nitrogen and oxygen atoms in total. The molecule has 1 aliphatic heterocycles. The van der Waals surface area contributed by atoms with Crippen LogP contribution in [0.4, 0.5) is 4.79 Å². The third kappa shape index (κ3) is 7.78. The average Bonchev–Trinajstić information content (AvgIpc) is 3.17. The van der Waals surface area contributed by atoms with Gasteiger partial charge in [0.2, 0.25) is 0 Å². The van der Waals surface area contributed by atoms with Gasteiger partial charge in [0.1, 0.15) is 23.6 Å². The first-order chi connectivity index (χ1) is 16.5. The van der Waals surface area contributed by atoms with Gasteiger partial charge in [0.05, 0.1) is 26.4 Å². The van der Waals surface area contributed by atoms with Gasteiger partial charge in [0.25, 0.3) is 0 Å². The van der Waals surface area contributed by atoms with Crippen LogP contribution >= 0.6 is 0 Å². The van der Waals surface area contributed by atoms with Gasteiger partial charge in [0, 0.05) is 5.56 Å². The molecule has 0 bridgehead atoms. The van der Waals surface area contributed by atoms with Gasteiger partial charge in [-0.3, -0.25) is 4.79 Å². The summed E-state index contributed by atoms with van der Waals surface area (Å²) in [6, 6.07) is 15.4. The SMILES string of the molecule is COc1ccc(C(=O)C(OCc2ccccc2)C(NC(=O)OC(C)(C)C)C2COC(C)(C)O2)cc1. The lowest BCUT2D eigenvalue weighted by molar-refractivity contribution is -0.146. The molecule has 1 N–H and O–H groups in total. The maximum Gasteiger partial charge on any atom is 0.408 e. The molecule has 0 aromatic heterocycles. The summed E-state index contributed by atoms with van der Waals surface area (Å²) in [5.41, 5.74) is 0.583. The Hall–Kier alpha value is -2.94. The molecule has 3 unspecified atom stereocenters. The topological polar surface area (TPSA) is 92.3 Å². The van der Waals surface area contributed by atoms with Crippen LogP contribution < -0.4 is 10.1 Å². The summed E-state index contributed by atoms with van der Waals surface area (Å²) < 4.78 is 28.7. The van der Waals surface area contributed by atoms with E-state index in [1.54, 1.807) is 66.0 Å². The highest BCUT2D eigenvalue weighted by atomic mass is 16.7. The second-order valence-electron chi connectivity index (χ2n) is 9.85. The van der Waals surface area contributed by atoms with Gasteiger partial charge >= 0.3 is 6.09 Å². The molecule has 3 rings (SSSR count). The molecule has 3 atom stereocenters. The van der Waals surface area contributed by atoms with Crippen LogP contribution in [0.2, 0.25) is 0 Å². The molecular weight excluding hydrogens is 450 g/mol. The van der Waals surface area contributed by atoms with E-state index in [4.69, 9.17) is 23.7 Å². The number of carbonyl (C=O) groups excluding carboxylic acids is 2. The molecule has 2 aromatic rings. The number of rotatable bonds is 9. The molecule has 35 heavy (non-hydrogen) atoms. The third-order valence-corrected chi connectivity index (χ3v) is 5.35. The summed E-state index contributed by atoms with van der Waals surface area (Å²) in [6.45, 7) is 9.21. The fraction of sp³-hybridized carbons (Fsp3) is 0.481. The van der Waals surface area contributed by atoms with Crippen molar-refractivity contribution in [1.29, 1.82) is 0 Å². The van der Waals surface area contributed by atoms with Crippen LogP contribution in [-0.2, 0) is 25.6 Å². The Kier molecular flexibility index (Phi) is 8.53. The van der Waals surface area contributed by atoms with E-state index in [0.29, 0.717) is 11.3 Å². The molecule has 0 radical (unpaired) electrons. The minimum Gasteiger partial charge on any atom is -0.497 e. The standard InChI is InChI=1S/C27H35NO7/c1-26(2,3)35-25(30)28-22(21-17-33-27(4,5)34-21)24(32-16-18-10-8-7-9-11-18)23(29)19-12-14-20(31-6)15-13-19/h7-15,21-22,24H,16-17H2,1-6H3,(H,28,30). The quantitative estimate of drug-likeness (QED) is 0.523. The summed E-state index contributed by atoms with van der Waals surface area (Å²) >= 11 is 0. The molecule has 1 heterocycles. The van der Waals surface area contributed by atoms with Gasteiger partial charge < -0.3 is 29.0 Å². The van der Waals surface area contributed by atoms with E-state index in [9.17, 15) is 9.59 Å². The van der Waals surface area contributed by atoms with E-state index in [0.717, 1.165) is 5.56 Å². The van der Waals surface area contributed by atoms with Crippen molar-refractivity contribution >= 4 is 11.9 Å². The second-order valence-corrected chi connectivity index (χ2v) is 9.85. The van der Waals surface area contributed by atoms with Gasteiger partial charge in [-0.1, -0.05) is 30.3 Å². The van der Waals surface area contributed by atoms with Gasteiger partial charge in [-0.05, 0) is 64.4 Å². The molecule has 8 heteroatoms. The largest absolute Gasteiger partial charge is 0.497 e. The number of nitrogens with one attached hydrogen (secondary N) is 1. The second kappa shape index (κ2) is 11.2. The number of Topliss-reactive ketones (excluding diaryl/α,β-unsaturated/α-hetero) is 1. The summed E-state index contributed by atoms with van der Waals surface area (Å²) in [6.07, 6.45) is -2.38. The van der Waals surface area contributed by atoms with Crippen molar-refractivity contribution in [2.24, 2.45) is 0 Å². The number of carbonyl (C=O) groups is 2. The zero-order valence-corrected chi connectivity index (χ0v) is 21.2. The molecule has 0 saturated carbocycles. The molecule has 1 fully saturated rings. The van der Waals surface area contributed by atoms with E-state index >= 15 is 0 Å². The lowest BCUT2D eigenvalue weighted by Gasteiger charge is -2.32. The number of methoxy groups -OCH3 is 1. The van der Waals surface area contributed by atoms with Crippen LogP contribution in [0.5, 0.6) is 5.75 Å². The average molecular weight is 486 g/mol. The Balaban J connectivity index is 1.94. The van der Waals surface area contributed by atoms with Gasteiger partial charge in [-0.2, -0.15) is 0 Å². The summed E-state index contributed by atoms with van der Waals surface area (Å²) in [5, 5.41) is 2.83. The van der Waals surface area contributed by atoms with Crippen molar-refractivity contribution in [3.8, 4) is 5.75 Å². The van der Waals surface area contributed by atoms with E-state index in [-0.39, 0.29) is 19.0 Å². The molecule has 1 saturated heterocycles. The lowest BCUT2D eigenvalue weighted by atomic mass is 9.96. The third-order valence-electron chi connectivity index (χ3n) is 5.35. The van der Waals surface area contributed by atoms with Crippen molar-refractivity contribution in [3.05, 3.63) is 65.7 Å². The Labute approximate surface area is 206 Å². The first kappa shape index (κ1) is 26.7. The monoisotopic (exact) mass is 485 g/mol. The predicted octanol–water partition coefficient (Wildman–Crippen LogP) is 4.51. The number of ether oxygens (including phenoxy) is 5. The maximum absolute atomic E-state index is 13.7. The van der Waals surface area contributed by atoms with Crippen molar-refractivity contribution in [2.75, 3.05) is 13.7 Å². The van der Waals surface area contributed by atoms with E-state index in [1.807, 2.05) is 30.3 Å². The summed E-state index contributed by atoms with van der Waals surface area (Å²) in [5.74, 6) is -0.551. The van der Waals surface area contributed by atoms with E-state index in [1.165, 1.54) is 0 Å². The van der Waals surface area contributed by atoms with E-state index in [2.05, 4.69) is 5.32 Å². The summed E-state index contributed by atoms with van der Waals surface area (Å²) in [4.78, 5) is 26.5. The maximum atomic E-state index is 13.7. The number of ketones is 1. The zero-order chi connectivity index (χ0) is 25.6. The van der Waals surface area contributed by atoms with Crippen molar-refractivity contribution in [2.45, 2.75) is 70.9 Å². The molecule has 2 aromatic carbocycles. The molecule has 1 amide bonds. The lowest BCUT2D eigenvalue weighted by Crippen LogP contribution is -2.56. The van der Waals surface area contributed by atoms with Crippen LogP contribution in [-0.4, -0.2) is 55.2 Å². The van der Waals surface area contributed by atoms with Gasteiger partial charge in [-0.25, -0.2) is 4.79 Å². The number of amides is 1. The minimum absolute atomic E-state index is 0.164. The van der Waals surface area contributed by atoms with Gasteiger partial charge in [-0.15, -0.1) is 0 Å². The zero-order valence-electron chi connectivity index (χ0n) is 21.2. The molecule has 0 spiro atoms. The molecule has 190 valence electrons. The Morgan fingerprint density at radius 1 is 1.09 bits per heavy atom. The van der Waals surface area contributed by atoms with Crippen molar-refractivity contribution in [1.82, 2.24) is 5.32 Å². The molecular formula is C27H35NO7. The van der Waals surface area contributed by atoms with Crippen LogP contribution in [0.15, 0.2) is 54.6 Å².